The van der Waals surface area contributed by atoms with E-state index in [1.807, 2.05) is 0 Å². The van der Waals surface area contributed by atoms with E-state index >= 15 is 0 Å². The van der Waals surface area contributed by atoms with Gasteiger partial charge in [0.1, 0.15) is 0 Å². The summed E-state index contributed by atoms with van der Waals surface area (Å²) in [6.45, 7) is 6.37. The predicted molar refractivity (Wildman–Crippen MR) is 78.9 cm³/mol. The van der Waals surface area contributed by atoms with Crippen molar-refractivity contribution in [3.8, 4) is 11.1 Å². The Labute approximate surface area is 114 Å². The van der Waals surface area contributed by atoms with Gasteiger partial charge in [0, 0.05) is 13.5 Å². The molecule has 0 aliphatic heterocycles. The maximum atomic E-state index is 10.9. The van der Waals surface area contributed by atoms with Gasteiger partial charge >= 0.3 is 0 Å². The zero-order valence-electron chi connectivity index (χ0n) is 11.7. The third-order valence-corrected chi connectivity index (χ3v) is 3.34. The van der Waals surface area contributed by atoms with Gasteiger partial charge in [-0.25, -0.2) is 0 Å². The van der Waals surface area contributed by atoms with Crippen molar-refractivity contribution in [2.24, 2.45) is 0 Å². The molecule has 2 heteroatoms. The van der Waals surface area contributed by atoms with Crippen molar-refractivity contribution >= 4 is 5.91 Å². The highest BCUT2D eigenvalue weighted by atomic mass is 16.1. The van der Waals surface area contributed by atoms with Crippen LogP contribution in [0.2, 0.25) is 0 Å². The predicted octanol–water partition coefficient (Wildman–Crippen LogP) is 3.61. The normalized spacial score (nSPS) is 10.3. The molecule has 0 fully saturated rings. The second-order valence-corrected chi connectivity index (χ2v) is 4.91. The van der Waals surface area contributed by atoms with Crippen LogP contribution in [0.1, 0.15) is 23.6 Å². The van der Waals surface area contributed by atoms with E-state index in [-0.39, 0.29) is 5.91 Å². The van der Waals surface area contributed by atoms with Gasteiger partial charge in [0.25, 0.3) is 0 Å². The van der Waals surface area contributed by atoms with E-state index in [0.717, 1.165) is 5.56 Å². The Morgan fingerprint density at radius 3 is 2.16 bits per heavy atom. The lowest BCUT2D eigenvalue weighted by molar-refractivity contribution is -0.119. The molecule has 0 unspecified atom stereocenters. The molecule has 0 saturated carbocycles. The SMILES string of the molecule is CC(=O)NCc1ccc(-c2ccc(C)c(C)c2)cc1. The van der Waals surface area contributed by atoms with Crippen molar-refractivity contribution in [2.75, 3.05) is 0 Å². The lowest BCUT2D eigenvalue weighted by Crippen LogP contribution is -2.18. The molecule has 2 rings (SSSR count). The highest BCUT2D eigenvalue weighted by Gasteiger charge is 2.01. The molecule has 98 valence electrons. The Kier molecular flexibility index (Phi) is 4.00. The van der Waals surface area contributed by atoms with Crippen molar-refractivity contribution in [1.29, 1.82) is 0 Å². The van der Waals surface area contributed by atoms with Crippen LogP contribution in [-0.2, 0) is 11.3 Å². The van der Waals surface area contributed by atoms with E-state index in [0.29, 0.717) is 6.54 Å². The fraction of sp³-hybridized carbons (Fsp3) is 0.235. The van der Waals surface area contributed by atoms with Crippen LogP contribution in [0.5, 0.6) is 0 Å². The Hall–Kier alpha value is -2.09. The van der Waals surface area contributed by atoms with E-state index in [1.54, 1.807) is 0 Å². The molecule has 0 spiro atoms. The van der Waals surface area contributed by atoms with E-state index in [1.165, 1.54) is 29.2 Å². The van der Waals surface area contributed by atoms with Gasteiger partial charge < -0.3 is 5.32 Å². The van der Waals surface area contributed by atoms with Gasteiger partial charge in [-0.05, 0) is 41.7 Å². The van der Waals surface area contributed by atoms with Crippen molar-refractivity contribution in [3.05, 3.63) is 59.2 Å². The minimum Gasteiger partial charge on any atom is -0.352 e. The van der Waals surface area contributed by atoms with E-state index < -0.39 is 0 Å². The first kappa shape index (κ1) is 13.3. The average molecular weight is 253 g/mol. The molecule has 0 saturated heterocycles. The van der Waals surface area contributed by atoms with Gasteiger partial charge in [-0.2, -0.15) is 0 Å². The summed E-state index contributed by atoms with van der Waals surface area (Å²) in [4.78, 5) is 10.9. The number of hydrogen-bond donors (Lipinski definition) is 1. The standard InChI is InChI=1S/C17H19NO/c1-12-4-7-17(10-13(12)2)16-8-5-15(6-9-16)11-18-14(3)19/h4-10H,11H2,1-3H3,(H,18,19). The molecular weight excluding hydrogens is 234 g/mol. The Morgan fingerprint density at radius 1 is 0.947 bits per heavy atom. The number of carbonyl (C=O) groups excluding carboxylic acids is 1. The maximum absolute atomic E-state index is 10.9. The number of carbonyl (C=O) groups is 1. The minimum absolute atomic E-state index is 0.00163. The van der Waals surface area contributed by atoms with E-state index in [9.17, 15) is 4.79 Å². The first-order chi connectivity index (χ1) is 9.06. The zero-order valence-corrected chi connectivity index (χ0v) is 11.7. The van der Waals surface area contributed by atoms with Gasteiger partial charge in [-0.15, -0.1) is 0 Å². The Bertz CT molecular complexity index is 585. The number of hydrogen-bond acceptors (Lipinski definition) is 1. The minimum atomic E-state index is -0.00163. The summed E-state index contributed by atoms with van der Waals surface area (Å²) in [6, 6.07) is 14.8. The van der Waals surface area contributed by atoms with Gasteiger partial charge in [-0.3, -0.25) is 4.79 Å². The second kappa shape index (κ2) is 5.70. The first-order valence-corrected chi connectivity index (χ1v) is 6.47. The lowest BCUT2D eigenvalue weighted by Gasteiger charge is -2.07. The fourth-order valence-corrected chi connectivity index (χ4v) is 1.96. The number of rotatable bonds is 3. The number of benzene rings is 2. The largest absolute Gasteiger partial charge is 0.352 e. The van der Waals surface area contributed by atoms with E-state index in [4.69, 9.17) is 0 Å². The average Bonchev–Trinajstić information content (AvgIpc) is 2.40. The van der Waals surface area contributed by atoms with Crippen LogP contribution in [0.4, 0.5) is 0 Å². The van der Waals surface area contributed by atoms with E-state index in [2.05, 4.69) is 61.6 Å². The van der Waals surface area contributed by atoms with Crippen molar-refractivity contribution in [3.63, 3.8) is 0 Å². The number of amides is 1. The smallest absolute Gasteiger partial charge is 0.217 e. The van der Waals surface area contributed by atoms with Gasteiger partial charge in [0.2, 0.25) is 5.91 Å². The summed E-state index contributed by atoms with van der Waals surface area (Å²) in [7, 11) is 0. The quantitative estimate of drug-likeness (QED) is 0.889. The molecule has 2 aromatic carbocycles. The molecule has 0 atom stereocenters. The monoisotopic (exact) mass is 253 g/mol. The summed E-state index contributed by atoms with van der Waals surface area (Å²) < 4.78 is 0. The number of aryl methyl sites for hydroxylation is 2. The highest BCUT2D eigenvalue weighted by molar-refractivity contribution is 5.72. The van der Waals surface area contributed by atoms with Crippen LogP contribution >= 0.6 is 0 Å². The Morgan fingerprint density at radius 2 is 1.58 bits per heavy atom. The van der Waals surface area contributed by atoms with Crippen LogP contribution in [0, 0.1) is 13.8 Å². The second-order valence-electron chi connectivity index (χ2n) is 4.91. The summed E-state index contributed by atoms with van der Waals surface area (Å²) in [5.74, 6) is -0.00163. The molecular formula is C17H19NO. The van der Waals surface area contributed by atoms with Crippen LogP contribution in [0.3, 0.4) is 0 Å². The molecule has 19 heavy (non-hydrogen) atoms. The highest BCUT2D eigenvalue weighted by Crippen LogP contribution is 2.22. The topological polar surface area (TPSA) is 29.1 Å². The molecule has 1 amide bonds. The van der Waals surface area contributed by atoms with Crippen molar-refractivity contribution < 1.29 is 4.79 Å². The molecule has 0 aromatic heterocycles. The van der Waals surface area contributed by atoms with Crippen LogP contribution < -0.4 is 5.32 Å². The van der Waals surface area contributed by atoms with Crippen LogP contribution in [-0.4, -0.2) is 5.91 Å². The lowest BCUT2D eigenvalue weighted by atomic mass is 10.00. The third kappa shape index (κ3) is 3.44. The summed E-state index contributed by atoms with van der Waals surface area (Å²) in [5, 5.41) is 2.80. The molecule has 0 aliphatic carbocycles. The molecule has 2 nitrogen and oxygen atoms in total. The van der Waals surface area contributed by atoms with Gasteiger partial charge in [0.15, 0.2) is 0 Å². The number of nitrogens with one attached hydrogen (secondary N) is 1. The zero-order chi connectivity index (χ0) is 13.8. The molecule has 2 aromatic rings. The van der Waals surface area contributed by atoms with Crippen molar-refractivity contribution in [1.82, 2.24) is 5.32 Å². The van der Waals surface area contributed by atoms with Crippen molar-refractivity contribution in [2.45, 2.75) is 27.3 Å². The maximum Gasteiger partial charge on any atom is 0.217 e. The first-order valence-electron chi connectivity index (χ1n) is 6.47. The van der Waals surface area contributed by atoms with Gasteiger partial charge in [0.05, 0.1) is 0 Å². The molecule has 0 bridgehead atoms. The molecule has 0 radical (unpaired) electrons. The van der Waals surface area contributed by atoms with Gasteiger partial charge in [-0.1, -0.05) is 42.5 Å². The summed E-state index contributed by atoms with van der Waals surface area (Å²) >= 11 is 0. The summed E-state index contributed by atoms with van der Waals surface area (Å²) in [5.41, 5.74) is 6.16. The molecule has 0 heterocycles. The molecule has 1 N–H and O–H groups in total. The van der Waals surface area contributed by atoms with Crippen LogP contribution in [0.25, 0.3) is 11.1 Å². The summed E-state index contributed by atoms with van der Waals surface area (Å²) in [6.07, 6.45) is 0. The van der Waals surface area contributed by atoms with Crippen LogP contribution in [0.15, 0.2) is 42.5 Å². The molecule has 0 aliphatic rings. The Balaban J connectivity index is 2.17. The fourth-order valence-electron chi connectivity index (χ4n) is 1.96. The third-order valence-electron chi connectivity index (χ3n) is 3.34.